The summed E-state index contributed by atoms with van der Waals surface area (Å²) >= 11 is 1.67. The van der Waals surface area contributed by atoms with Crippen molar-refractivity contribution in [2.45, 2.75) is 20.4 Å². The average molecular weight is 299 g/mol. The molecule has 0 spiro atoms. The zero-order valence-electron chi connectivity index (χ0n) is 12.3. The molecule has 0 saturated heterocycles. The van der Waals surface area contributed by atoms with E-state index in [2.05, 4.69) is 35.2 Å². The molecule has 0 bridgehead atoms. The van der Waals surface area contributed by atoms with E-state index in [9.17, 15) is 0 Å². The minimum absolute atomic E-state index is 0.630. The Morgan fingerprint density at radius 3 is 2.81 bits per heavy atom. The van der Waals surface area contributed by atoms with Gasteiger partial charge >= 0.3 is 0 Å². The summed E-state index contributed by atoms with van der Waals surface area (Å²) in [7, 11) is 1.92. The molecule has 0 atom stereocenters. The molecule has 4 nitrogen and oxygen atoms in total. The standard InChI is InChI=1S/C16H17N3OS/c1-10-11(2)21-16-14(10)15(18-9-19-16)20-13-7-5-4-6-12(13)8-17-3/h4-7,9,17H,8H2,1-3H3. The van der Waals surface area contributed by atoms with Crippen LogP contribution in [0.25, 0.3) is 10.2 Å². The van der Waals surface area contributed by atoms with Gasteiger partial charge in [-0.15, -0.1) is 11.3 Å². The first kappa shape index (κ1) is 14.0. The number of benzene rings is 1. The van der Waals surface area contributed by atoms with Crippen molar-refractivity contribution in [3.05, 3.63) is 46.6 Å². The monoisotopic (exact) mass is 299 g/mol. The summed E-state index contributed by atoms with van der Waals surface area (Å²) in [5, 5.41) is 4.17. The van der Waals surface area contributed by atoms with E-state index in [-0.39, 0.29) is 0 Å². The average Bonchev–Trinajstić information content (AvgIpc) is 2.77. The zero-order valence-corrected chi connectivity index (χ0v) is 13.1. The zero-order chi connectivity index (χ0) is 14.8. The lowest BCUT2D eigenvalue weighted by Crippen LogP contribution is -2.06. The number of aryl methyl sites for hydroxylation is 2. The number of hydrogen-bond acceptors (Lipinski definition) is 5. The van der Waals surface area contributed by atoms with Crippen LogP contribution < -0.4 is 10.1 Å². The Morgan fingerprint density at radius 1 is 1.19 bits per heavy atom. The lowest BCUT2D eigenvalue weighted by atomic mass is 10.2. The molecule has 0 radical (unpaired) electrons. The number of nitrogens with zero attached hydrogens (tertiary/aromatic N) is 2. The molecule has 0 aliphatic rings. The third-order valence-corrected chi connectivity index (χ3v) is 4.59. The minimum atomic E-state index is 0.630. The van der Waals surface area contributed by atoms with Crippen molar-refractivity contribution in [3.63, 3.8) is 0 Å². The van der Waals surface area contributed by atoms with Crippen molar-refractivity contribution in [1.29, 1.82) is 0 Å². The molecule has 1 N–H and O–H groups in total. The maximum Gasteiger partial charge on any atom is 0.231 e. The smallest absolute Gasteiger partial charge is 0.231 e. The Bertz CT molecular complexity index is 782. The van der Waals surface area contributed by atoms with Crippen LogP contribution in [0.15, 0.2) is 30.6 Å². The van der Waals surface area contributed by atoms with Crippen LogP contribution in [-0.4, -0.2) is 17.0 Å². The van der Waals surface area contributed by atoms with Crippen LogP contribution in [0.3, 0.4) is 0 Å². The molecule has 0 fully saturated rings. The van der Waals surface area contributed by atoms with Gasteiger partial charge in [0.25, 0.3) is 0 Å². The summed E-state index contributed by atoms with van der Waals surface area (Å²) in [6.07, 6.45) is 1.56. The summed E-state index contributed by atoms with van der Waals surface area (Å²) < 4.78 is 6.09. The molecule has 0 aliphatic carbocycles. The summed E-state index contributed by atoms with van der Waals surface area (Å²) in [5.41, 5.74) is 2.30. The Balaban J connectivity index is 2.06. The van der Waals surface area contributed by atoms with Crippen LogP contribution in [0.4, 0.5) is 0 Å². The highest BCUT2D eigenvalue weighted by Crippen LogP contribution is 2.36. The van der Waals surface area contributed by atoms with E-state index in [0.29, 0.717) is 5.88 Å². The molecular formula is C16H17N3OS. The molecule has 3 rings (SSSR count). The van der Waals surface area contributed by atoms with Crippen LogP contribution in [0.1, 0.15) is 16.0 Å². The highest BCUT2D eigenvalue weighted by atomic mass is 32.1. The minimum Gasteiger partial charge on any atom is -0.438 e. The van der Waals surface area contributed by atoms with Crippen LogP contribution in [0.2, 0.25) is 0 Å². The molecule has 2 heterocycles. The summed E-state index contributed by atoms with van der Waals surface area (Å²) in [4.78, 5) is 10.9. The Hall–Kier alpha value is -1.98. The fraction of sp³-hybridized carbons (Fsp3) is 0.250. The number of thiophene rings is 1. The van der Waals surface area contributed by atoms with Crippen LogP contribution >= 0.6 is 11.3 Å². The predicted molar refractivity (Wildman–Crippen MR) is 86.2 cm³/mol. The Kier molecular flexibility index (Phi) is 3.86. The van der Waals surface area contributed by atoms with Crippen molar-refractivity contribution < 1.29 is 4.74 Å². The van der Waals surface area contributed by atoms with E-state index in [1.54, 1.807) is 17.7 Å². The van der Waals surface area contributed by atoms with Gasteiger partial charge in [-0.2, -0.15) is 0 Å². The fourth-order valence-corrected chi connectivity index (χ4v) is 3.26. The van der Waals surface area contributed by atoms with Gasteiger partial charge < -0.3 is 10.1 Å². The third kappa shape index (κ3) is 2.62. The van der Waals surface area contributed by atoms with Gasteiger partial charge in [0.1, 0.15) is 16.9 Å². The second kappa shape index (κ2) is 5.79. The summed E-state index contributed by atoms with van der Waals surface area (Å²) in [5.74, 6) is 1.46. The lowest BCUT2D eigenvalue weighted by molar-refractivity contribution is 0.460. The van der Waals surface area contributed by atoms with E-state index in [1.807, 2.05) is 25.2 Å². The quantitative estimate of drug-likeness (QED) is 0.795. The predicted octanol–water partition coefficient (Wildman–Crippen LogP) is 3.82. The second-order valence-corrected chi connectivity index (χ2v) is 6.09. The van der Waals surface area contributed by atoms with Crippen molar-refractivity contribution >= 4 is 21.6 Å². The van der Waals surface area contributed by atoms with Gasteiger partial charge in [0.05, 0.1) is 5.39 Å². The molecule has 0 amide bonds. The molecule has 2 aromatic heterocycles. The molecule has 1 aromatic carbocycles. The first-order chi connectivity index (χ1) is 10.2. The molecule has 0 aliphatic heterocycles. The number of para-hydroxylation sites is 1. The summed E-state index contributed by atoms with van der Waals surface area (Å²) in [6, 6.07) is 8.00. The van der Waals surface area contributed by atoms with Gasteiger partial charge in [-0.3, -0.25) is 0 Å². The van der Waals surface area contributed by atoms with Gasteiger partial charge in [-0.05, 0) is 32.5 Å². The van der Waals surface area contributed by atoms with E-state index in [0.717, 1.165) is 28.1 Å². The van der Waals surface area contributed by atoms with Crippen molar-refractivity contribution in [2.24, 2.45) is 0 Å². The summed E-state index contributed by atoms with van der Waals surface area (Å²) in [6.45, 7) is 4.94. The number of hydrogen-bond donors (Lipinski definition) is 1. The van der Waals surface area contributed by atoms with Crippen LogP contribution in [-0.2, 0) is 6.54 Å². The Morgan fingerprint density at radius 2 is 2.00 bits per heavy atom. The maximum absolute atomic E-state index is 6.09. The van der Waals surface area contributed by atoms with E-state index in [4.69, 9.17) is 4.74 Å². The van der Waals surface area contributed by atoms with Gasteiger partial charge in [0.15, 0.2) is 0 Å². The molecular weight excluding hydrogens is 282 g/mol. The van der Waals surface area contributed by atoms with Gasteiger partial charge in [0, 0.05) is 17.0 Å². The molecule has 108 valence electrons. The molecule has 0 saturated carbocycles. The number of ether oxygens (including phenoxy) is 1. The second-order valence-electron chi connectivity index (χ2n) is 4.88. The Labute approximate surface area is 127 Å². The first-order valence-corrected chi connectivity index (χ1v) is 7.63. The number of fused-ring (bicyclic) bond motifs is 1. The lowest BCUT2D eigenvalue weighted by Gasteiger charge is -2.11. The van der Waals surface area contributed by atoms with Crippen LogP contribution in [0.5, 0.6) is 11.6 Å². The van der Waals surface area contributed by atoms with Crippen LogP contribution in [0, 0.1) is 13.8 Å². The normalized spacial score (nSPS) is 11.0. The van der Waals surface area contributed by atoms with Gasteiger partial charge in [0.2, 0.25) is 5.88 Å². The number of aromatic nitrogens is 2. The van der Waals surface area contributed by atoms with E-state index < -0.39 is 0 Å². The number of nitrogens with one attached hydrogen (secondary N) is 1. The van der Waals surface area contributed by atoms with Crippen molar-refractivity contribution in [1.82, 2.24) is 15.3 Å². The topological polar surface area (TPSA) is 47.0 Å². The fourth-order valence-electron chi connectivity index (χ4n) is 2.27. The third-order valence-electron chi connectivity index (χ3n) is 3.48. The molecule has 0 unspecified atom stereocenters. The molecule has 3 aromatic rings. The maximum atomic E-state index is 6.09. The SMILES string of the molecule is CNCc1ccccc1Oc1ncnc2sc(C)c(C)c12. The van der Waals surface area contributed by atoms with Gasteiger partial charge in [-0.25, -0.2) is 9.97 Å². The highest BCUT2D eigenvalue weighted by Gasteiger charge is 2.14. The van der Waals surface area contributed by atoms with Crippen molar-refractivity contribution in [2.75, 3.05) is 7.05 Å². The molecule has 5 heteroatoms. The first-order valence-electron chi connectivity index (χ1n) is 6.81. The molecule has 21 heavy (non-hydrogen) atoms. The largest absolute Gasteiger partial charge is 0.438 e. The number of rotatable bonds is 4. The van der Waals surface area contributed by atoms with Crippen molar-refractivity contribution in [3.8, 4) is 11.6 Å². The van der Waals surface area contributed by atoms with E-state index >= 15 is 0 Å². The van der Waals surface area contributed by atoms with Gasteiger partial charge in [-0.1, -0.05) is 18.2 Å². The van der Waals surface area contributed by atoms with E-state index in [1.165, 1.54) is 10.4 Å². The highest BCUT2D eigenvalue weighted by molar-refractivity contribution is 7.18.